The van der Waals surface area contributed by atoms with Crippen molar-refractivity contribution in [1.29, 1.82) is 0 Å². The van der Waals surface area contributed by atoms with Crippen LogP contribution in [0.15, 0.2) is 23.3 Å². The summed E-state index contributed by atoms with van der Waals surface area (Å²) < 4.78 is 45.2. The van der Waals surface area contributed by atoms with E-state index in [-0.39, 0.29) is 36.4 Å². The SMILES string of the molecule is O=C1COC(c2ccc(N3CC[C@@H]3CO)c(C(F)(F)F)c2)=NN1. The van der Waals surface area contributed by atoms with Crippen LogP contribution >= 0.6 is 0 Å². The van der Waals surface area contributed by atoms with Crippen LogP contribution < -0.4 is 10.3 Å². The third-order valence-corrected chi connectivity index (χ3v) is 3.84. The maximum Gasteiger partial charge on any atom is 0.418 e. The Labute approximate surface area is 129 Å². The van der Waals surface area contributed by atoms with Gasteiger partial charge in [-0.05, 0) is 24.6 Å². The van der Waals surface area contributed by atoms with E-state index in [2.05, 4.69) is 10.5 Å². The molecule has 1 aromatic carbocycles. The first-order valence-corrected chi connectivity index (χ1v) is 6.98. The molecule has 0 spiro atoms. The first kappa shape index (κ1) is 15.6. The van der Waals surface area contributed by atoms with E-state index in [1.54, 1.807) is 0 Å². The third kappa shape index (κ3) is 2.96. The van der Waals surface area contributed by atoms with E-state index in [1.807, 2.05) is 0 Å². The molecule has 6 nitrogen and oxygen atoms in total. The zero-order chi connectivity index (χ0) is 16.6. The second-order valence-corrected chi connectivity index (χ2v) is 5.29. The van der Waals surface area contributed by atoms with Crippen LogP contribution in [0, 0.1) is 0 Å². The molecule has 1 aromatic rings. The normalized spacial score (nSPS) is 21.2. The maximum atomic E-state index is 13.4. The summed E-state index contributed by atoms with van der Waals surface area (Å²) in [6.45, 7) is -0.0251. The molecule has 2 N–H and O–H groups in total. The summed E-state index contributed by atoms with van der Waals surface area (Å²) in [5, 5.41) is 12.8. The van der Waals surface area contributed by atoms with Gasteiger partial charge in [-0.3, -0.25) is 4.79 Å². The molecule has 2 heterocycles. The summed E-state index contributed by atoms with van der Waals surface area (Å²) >= 11 is 0. The van der Waals surface area contributed by atoms with E-state index < -0.39 is 17.6 Å². The first-order chi connectivity index (χ1) is 10.9. The number of nitrogens with zero attached hydrogens (tertiary/aromatic N) is 2. The van der Waals surface area contributed by atoms with Gasteiger partial charge in [-0.2, -0.15) is 13.2 Å². The molecule has 1 saturated heterocycles. The Morgan fingerprint density at radius 1 is 1.43 bits per heavy atom. The van der Waals surface area contributed by atoms with Crippen LogP contribution in [0.1, 0.15) is 17.5 Å². The van der Waals surface area contributed by atoms with Gasteiger partial charge in [-0.25, -0.2) is 5.43 Å². The molecule has 23 heavy (non-hydrogen) atoms. The zero-order valence-electron chi connectivity index (χ0n) is 11.9. The van der Waals surface area contributed by atoms with Crippen LogP contribution in [0.2, 0.25) is 0 Å². The number of benzene rings is 1. The minimum absolute atomic E-state index is 0.0204. The lowest BCUT2D eigenvalue weighted by Gasteiger charge is -2.43. The highest BCUT2D eigenvalue weighted by atomic mass is 19.4. The lowest BCUT2D eigenvalue weighted by atomic mass is 9.98. The summed E-state index contributed by atoms with van der Waals surface area (Å²) in [6.07, 6.45) is -3.91. The summed E-state index contributed by atoms with van der Waals surface area (Å²) in [5.74, 6) is -0.531. The Balaban J connectivity index is 1.98. The van der Waals surface area contributed by atoms with Gasteiger partial charge >= 0.3 is 6.18 Å². The minimum atomic E-state index is -4.56. The standard InChI is InChI=1S/C14H14F3N3O3/c15-14(16,17)10-5-8(13-19-18-12(22)7-23-13)1-2-11(10)20-4-3-9(20)6-21/h1-2,5,9,21H,3-4,6-7H2,(H,18,22)/t9-/m1/s1. The van der Waals surface area contributed by atoms with Crippen LogP contribution in [-0.2, 0) is 15.7 Å². The topological polar surface area (TPSA) is 74.2 Å². The van der Waals surface area contributed by atoms with Crippen LogP contribution in [0.5, 0.6) is 0 Å². The predicted octanol–water partition coefficient (Wildman–Crippen LogP) is 1.08. The number of hydrazone groups is 1. The maximum absolute atomic E-state index is 13.4. The second kappa shape index (κ2) is 5.73. The second-order valence-electron chi connectivity index (χ2n) is 5.29. The predicted molar refractivity (Wildman–Crippen MR) is 74.9 cm³/mol. The quantitative estimate of drug-likeness (QED) is 0.870. The van der Waals surface area contributed by atoms with Crippen LogP contribution in [-0.4, -0.2) is 42.7 Å². The van der Waals surface area contributed by atoms with Crippen LogP contribution in [0.3, 0.4) is 0 Å². The van der Waals surface area contributed by atoms with Gasteiger partial charge in [-0.1, -0.05) is 0 Å². The van der Waals surface area contributed by atoms with Crippen molar-refractivity contribution in [3.8, 4) is 0 Å². The van der Waals surface area contributed by atoms with Crippen molar-refractivity contribution < 1.29 is 27.8 Å². The Morgan fingerprint density at radius 2 is 2.22 bits per heavy atom. The van der Waals surface area contributed by atoms with E-state index in [0.717, 1.165) is 6.07 Å². The zero-order valence-corrected chi connectivity index (χ0v) is 11.9. The summed E-state index contributed by atoms with van der Waals surface area (Å²) in [6, 6.07) is 3.43. The van der Waals surface area contributed by atoms with Crippen molar-refractivity contribution in [3.63, 3.8) is 0 Å². The van der Waals surface area contributed by atoms with Gasteiger partial charge in [0.2, 0.25) is 5.90 Å². The fourth-order valence-corrected chi connectivity index (χ4v) is 2.55. The molecule has 2 aliphatic heterocycles. The summed E-state index contributed by atoms with van der Waals surface area (Å²) in [7, 11) is 0. The van der Waals surface area contributed by atoms with E-state index in [0.29, 0.717) is 13.0 Å². The highest BCUT2D eigenvalue weighted by molar-refractivity contribution is 5.98. The number of amides is 1. The Kier molecular flexibility index (Phi) is 3.88. The molecule has 2 aliphatic rings. The number of nitrogens with one attached hydrogen (secondary N) is 1. The molecule has 3 rings (SSSR count). The van der Waals surface area contributed by atoms with Gasteiger partial charge in [-0.15, -0.1) is 5.10 Å². The number of hydrogen-bond acceptors (Lipinski definition) is 5. The number of aliphatic hydroxyl groups is 1. The number of anilines is 1. The van der Waals surface area contributed by atoms with Gasteiger partial charge in [0.25, 0.3) is 5.91 Å². The van der Waals surface area contributed by atoms with Gasteiger partial charge in [0, 0.05) is 17.8 Å². The monoisotopic (exact) mass is 329 g/mol. The molecule has 124 valence electrons. The smallest absolute Gasteiger partial charge is 0.418 e. The average molecular weight is 329 g/mol. The molecule has 1 atom stereocenters. The number of rotatable bonds is 3. The largest absolute Gasteiger partial charge is 0.466 e. The molecule has 1 amide bonds. The third-order valence-electron chi connectivity index (χ3n) is 3.84. The lowest BCUT2D eigenvalue weighted by Crippen LogP contribution is -2.50. The highest BCUT2D eigenvalue weighted by Crippen LogP contribution is 2.40. The van der Waals surface area contributed by atoms with E-state index >= 15 is 0 Å². The molecule has 0 saturated carbocycles. The number of halogens is 3. The van der Waals surface area contributed by atoms with Crippen molar-refractivity contribution in [1.82, 2.24) is 5.43 Å². The van der Waals surface area contributed by atoms with Crippen LogP contribution in [0.4, 0.5) is 18.9 Å². The van der Waals surface area contributed by atoms with Crippen molar-refractivity contribution in [3.05, 3.63) is 29.3 Å². The summed E-state index contributed by atoms with van der Waals surface area (Å²) in [5.41, 5.74) is 1.49. The van der Waals surface area contributed by atoms with Crippen molar-refractivity contribution in [2.45, 2.75) is 18.6 Å². The summed E-state index contributed by atoms with van der Waals surface area (Å²) in [4.78, 5) is 12.5. The molecule has 0 radical (unpaired) electrons. The van der Waals surface area contributed by atoms with Crippen molar-refractivity contribution >= 4 is 17.5 Å². The number of ether oxygens (including phenoxy) is 1. The van der Waals surface area contributed by atoms with E-state index in [1.165, 1.54) is 17.0 Å². The Morgan fingerprint density at radius 3 is 2.74 bits per heavy atom. The molecular weight excluding hydrogens is 315 g/mol. The number of alkyl halides is 3. The fourth-order valence-electron chi connectivity index (χ4n) is 2.55. The average Bonchev–Trinajstić information content (AvgIpc) is 2.47. The molecule has 0 aromatic heterocycles. The van der Waals surface area contributed by atoms with E-state index in [9.17, 15) is 23.1 Å². The fraction of sp³-hybridized carbons (Fsp3) is 0.429. The molecule has 1 fully saturated rings. The number of carbonyl (C=O) groups excluding carboxylic acids is 1. The molecule has 0 bridgehead atoms. The Bertz CT molecular complexity index is 658. The van der Waals surface area contributed by atoms with Gasteiger partial charge in [0.05, 0.1) is 18.2 Å². The molecular formula is C14H14F3N3O3. The van der Waals surface area contributed by atoms with Gasteiger partial charge in [0.15, 0.2) is 6.61 Å². The molecule has 9 heteroatoms. The Hall–Kier alpha value is -2.29. The molecule has 0 unspecified atom stereocenters. The highest BCUT2D eigenvalue weighted by Gasteiger charge is 2.39. The molecule has 0 aliphatic carbocycles. The minimum Gasteiger partial charge on any atom is -0.466 e. The lowest BCUT2D eigenvalue weighted by molar-refractivity contribution is -0.137. The van der Waals surface area contributed by atoms with Crippen molar-refractivity contribution in [2.75, 3.05) is 24.7 Å². The number of carbonyl (C=O) groups is 1. The van der Waals surface area contributed by atoms with Gasteiger partial charge < -0.3 is 14.7 Å². The van der Waals surface area contributed by atoms with Crippen molar-refractivity contribution in [2.24, 2.45) is 5.10 Å². The first-order valence-electron chi connectivity index (χ1n) is 6.98. The number of aliphatic hydroxyl groups excluding tert-OH is 1. The van der Waals surface area contributed by atoms with Crippen LogP contribution in [0.25, 0.3) is 0 Å². The van der Waals surface area contributed by atoms with E-state index in [4.69, 9.17) is 4.74 Å². The van der Waals surface area contributed by atoms with Gasteiger partial charge in [0.1, 0.15) is 0 Å². The number of hydrogen-bond donors (Lipinski definition) is 2.